The number of nitrogens with one attached hydrogen (secondary N) is 1. The Morgan fingerprint density at radius 3 is 2.68 bits per heavy atom. The van der Waals surface area contributed by atoms with Crippen molar-refractivity contribution in [2.45, 2.75) is 32.2 Å². The zero-order chi connectivity index (χ0) is 14.4. The topological polar surface area (TPSA) is 79.3 Å². The third kappa shape index (κ3) is 4.69. The van der Waals surface area contributed by atoms with Crippen LogP contribution in [0.4, 0.5) is 0 Å². The molecule has 1 amide bonds. The average molecular weight is 305 g/mol. The standard InChI is InChI=1S/C12H14Cl2N2O3/c1-2-3-4-9(12(18)19)16-11(17)7-5-8(13)10(14)15-6-7/h5-6,9H,2-4H2,1H3,(H,16,17)(H,18,19). The number of aromatic nitrogens is 1. The van der Waals surface area contributed by atoms with Gasteiger partial charge in [-0.05, 0) is 12.5 Å². The number of rotatable bonds is 6. The highest BCUT2D eigenvalue weighted by molar-refractivity contribution is 6.41. The van der Waals surface area contributed by atoms with Gasteiger partial charge in [-0.15, -0.1) is 0 Å². The molecular formula is C12H14Cl2N2O3. The minimum atomic E-state index is -1.06. The van der Waals surface area contributed by atoms with Gasteiger partial charge in [-0.1, -0.05) is 43.0 Å². The van der Waals surface area contributed by atoms with E-state index in [1.807, 2.05) is 6.92 Å². The minimum absolute atomic E-state index is 0.0963. The molecule has 2 N–H and O–H groups in total. The summed E-state index contributed by atoms with van der Waals surface area (Å²) in [5.74, 6) is -1.59. The lowest BCUT2D eigenvalue weighted by molar-refractivity contribution is -0.139. The maximum Gasteiger partial charge on any atom is 0.326 e. The molecule has 5 nitrogen and oxygen atoms in total. The highest BCUT2D eigenvalue weighted by Gasteiger charge is 2.20. The number of carboxylic acids is 1. The highest BCUT2D eigenvalue weighted by atomic mass is 35.5. The molecule has 0 saturated carbocycles. The van der Waals surface area contributed by atoms with E-state index in [0.717, 1.165) is 12.8 Å². The predicted molar refractivity (Wildman–Crippen MR) is 72.7 cm³/mol. The molecule has 1 aromatic rings. The Morgan fingerprint density at radius 1 is 1.47 bits per heavy atom. The van der Waals surface area contributed by atoms with Gasteiger partial charge >= 0.3 is 5.97 Å². The Balaban J connectivity index is 2.75. The number of halogens is 2. The Bertz CT molecular complexity index is 480. The summed E-state index contributed by atoms with van der Waals surface area (Å²) in [6.07, 6.45) is 3.21. The lowest BCUT2D eigenvalue weighted by Gasteiger charge is -2.14. The van der Waals surface area contributed by atoms with Crippen LogP contribution in [0.25, 0.3) is 0 Å². The van der Waals surface area contributed by atoms with Gasteiger partial charge < -0.3 is 10.4 Å². The van der Waals surface area contributed by atoms with Gasteiger partial charge in [0.1, 0.15) is 11.2 Å². The van der Waals surface area contributed by atoms with Gasteiger partial charge in [0, 0.05) is 6.20 Å². The fourth-order valence-corrected chi connectivity index (χ4v) is 1.72. The number of pyridine rings is 1. The lowest BCUT2D eigenvalue weighted by Crippen LogP contribution is -2.40. The van der Waals surface area contributed by atoms with Crippen LogP contribution in [0.15, 0.2) is 12.3 Å². The van der Waals surface area contributed by atoms with Crippen molar-refractivity contribution in [2.75, 3.05) is 0 Å². The molecule has 0 saturated heterocycles. The van der Waals surface area contributed by atoms with Crippen LogP contribution in [-0.2, 0) is 4.79 Å². The first-order valence-corrected chi connectivity index (χ1v) is 6.56. The number of nitrogens with zero attached hydrogens (tertiary/aromatic N) is 1. The van der Waals surface area contributed by atoms with E-state index < -0.39 is 17.9 Å². The number of hydrogen-bond acceptors (Lipinski definition) is 3. The number of aliphatic carboxylic acids is 1. The summed E-state index contributed by atoms with van der Waals surface area (Å²) in [6, 6.07) is 0.437. The van der Waals surface area contributed by atoms with Crippen LogP contribution in [0, 0.1) is 0 Å². The summed E-state index contributed by atoms with van der Waals surface area (Å²) in [5, 5.41) is 11.7. The van der Waals surface area contributed by atoms with Crippen molar-refractivity contribution in [3.8, 4) is 0 Å². The second-order valence-electron chi connectivity index (χ2n) is 4.00. The fourth-order valence-electron chi connectivity index (χ4n) is 1.45. The first-order chi connectivity index (χ1) is 8.95. The Labute approximate surface area is 120 Å². The number of hydrogen-bond donors (Lipinski definition) is 2. The van der Waals surface area contributed by atoms with Crippen LogP contribution >= 0.6 is 23.2 Å². The number of carbonyl (C=O) groups is 2. The van der Waals surface area contributed by atoms with Crippen LogP contribution in [0.1, 0.15) is 36.5 Å². The third-order valence-electron chi connectivity index (χ3n) is 2.51. The molecule has 0 aromatic carbocycles. The highest BCUT2D eigenvalue weighted by Crippen LogP contribution is 2.19. The first-order valence-electron chi connectivity index (χ1n) is 5.80. The van der Waals surface area contributed by atoms with E-state index in [-0.39, 0.29) is 15.7 Å². The van der Waals surface area contributed by atoms with Crippen LogP contribution < -0.4 is 5.32 Å². The molecule has 1 rings (SSSR count). The Morgan fingerprint density at radius 2 is 2.16 bits per heavy atom. The smallest absolute Gasteiger partial charge is 0.326 e. The molecule has 1 heterocycles. The van der Waals surface area contributed by atoms with E-state index in [4.69, 9.17) is 28.3 Å². The zero-order valence-corrected chi connectivity index (χ0v) is 11.8. The van der Waals surface area contributed by atoms with Crippen LogP contribution in [0.3, 0.4) is 0 Å². The lowest BCUT2D eigenvalue weighted by atomic mass is 10.1. The molecule has 0 bridgehead atoms. The average Bonchev–Trinajstić information content (AvgIpc) is 2.37. The summed E-state index contributed by atoms with van der Waals surface area (Å²) in [6.45, 7) is 1.95. The number of carbonyl (C=O) groups excluding carboxylic acids is 1. The molecule has 1 unspecified atom stereocenters. The van der Waals surface area contributed by atoms with Gasteiger partial charge in [0.05, 0.1) is 10.6 Å². The van der Waals surface area contributed by atoms with Crippen LogP contribution in [0.2, 0.25) is 10.2 Å². The van der Waals surface area contributed by atoms with Crippen LogP contribution in [-0.4, -0.2) is 28.0 Å². The quantitative estimate of drug-likeness (QED) is 0.792. The normalized spacial score (nSPS) is 11.9. The molecule has 7 heteroatoms. The summed E-state index contributed by atoms with van der Waals surface area (Å²) in [7, 11) is 0. The van der Waals surface area contributed by atoms with Crippen molar-refractivity contribution in [1.82, 2.24) is 10.3 Å². The molecule has 1 atom stereocenters. The number of carboxylic acid groups (broad SMARTS) is 1. The third-order valence-corrected chi connectivity index (χ3v) is 3.19. The summed E-state index contributed by atoms with van der Waals surface area (Å²) >= 11 is 11.4. The largest absolute Gasteiger partial charge is 0.480 e. The molecule has 0 radical (unpaired) electrons. The van der Waals surface area contributed by atoms with Gasteiger partial charge in [0.25, 0.3) is 5.91 Å². The maximum atomic E-state index is 11.9. The fraction of sp³-hybridized carbons (Fsp3) is 0.417. The molecule has 0 fully saturated rings. The van der Waals surface area contributed by atoms with E-state index in [2.05, 4.69) is 10.3 Å². The second-order valence-corrected chi connectivity index (χ2v) is 4.77. The summed E-state index contributed by atoms with van der Waals surface area (Å²) in [4.78, 5) is 26.6. The van der Waals surface area contributed by atoms with Gasteiger partial charge in [-0.3, -0.25) is 4.79 Å². The van der Waals surface area contributed by atoms with Crippen molar-refractivity contribution in [2.24, 2.45) is 0 Å². The van der Waals surface area contributed by atoms with Crippen LogP contribution in [0.5, 0.6) is 0 Å². The van der Waals surface area contributed by atoms with Crippen molar-refractivity contribution >= 4 is 35.1 Å². The molecule has 1 aromatic heterocycles. The Hall–Kier alpha value is -1.33. The number of unbranched alkanes of at least 4 members (excludes halogenated alkanes) is 1. The molecule has 19 heavy (non-hydrogen) atoms. The van der Waals surface area contributed by atoms with Gasteiger partial charge in [0.2, 0.25) is 0 Å². The van der Waals surface area contributed by atoms with Crippen molar-refractivity contribution < 1.29 is 14.7 Å². The monoisotopic (exact) mass is 304 g/mol. The molecule has 0 aliphatic carbocycles. The summed E-state index contributed by atoms with van der Waals surface area (Å²) < 4.78 is 0. The predicted octanol–water partition coefficient (Wildman–Crippen LogP) is 2.76. The zero-order valence-electron chi connectivity index (χ0n) is 10.3. The van der Waals surface area contributed by atoms with Gasteiger partial charge in [-0.2, -0.15) is 0 Å². The van der Waals surface area contributed by atoms with Crippen molar-refractivity contribution in [3.05, 3.63) is 28.0 Å². The number of amides is 1. The van der Waals surface area contributed by atoms with E-state index in [1.54, 1.807) is 0 Å². The van der Waals surface area contributed by atoms with E-state index in [0.29, 0.717) is 6.42 Å². The van der Waals surface area contributed by atoms with E-state index >= 15 is 0 Å². The SMILES string of the molecule is CCCCC(NC(=O)c1cnc(Cl)c(Cl)c1)C(=O)O. The van der Waals surface area contributed by atoms with Crippen molar-refractivity contribution in [3.63, 3.8) is 0 Å². The van der Waals surface area contributed by atoms with Gasteiger partial charge in [-0.25, -0.2) is 9.78 Å². The summed E-state index contributed by atoms with van der Waals surface area (Å²) in [5.41, 5.74) is 0.178. The minimum Gasteiger partial charge on any atom is -0.480 e. The molecule has 0 spiro atoms. The van der Waals surface area contributed by atoms with E-state index in [1.165, 1.54) is 12.3 Å². The molecular weight excluding hydrogens is 291 g/mol. The van der Waals surface area contributed by atoms with Crippen molar-refractivity contribution in [1.29, 1.82) is 0 Å². The Kier molecular flexibility index (Phi) is 6.05. The first kappa shape index (κ1) is 15.7. The molecule has 0 aliphatic heterocycles. The molecule has 104 valence electrons. The molecule has 0 aliphatic rings. The maximum absolute atomic E-state index is 11.9. The second kappa shape index (κ2) is 7.31. The van der Waals surface area contributed by atoms with Gasteiger partial charge in [0.15, 0.2) is 0 Å². The van der Waals surface area contributed by atoms with E-state index in [9.17, 15) is 9.59 Å².